The van der Waals surface area contributed by atoms with Crippen molar-refractivity contribution < 1.29 is 9.52 Å². The number of hydrogen-bond acceptors (Lipinski definition) is 5. The lowest BCUT2D eigenvalue weighted by atomic mass is 9.89. The van der Waals surface area contributed by atoms with E-state index in [1.165, 1.54) is 17.5 Å². The number of hydrogen-bond donors (Lipinski definition) is 1. The molecule has 5 rings (SSSR count). The fourth-order valence-electron chi connectivity index (χ4n) is 4.45. The standard InChI is InChI=1S/C23H22N2O3/c26-21-18-12-16-8-4-10-25-11-5-9-17(20(16)25)22(18)28-23(27)19(21)14-24-13-15-6-2-1-3-7-15/h1-3,6-7,12,14,26H,4-5,8-11,13H2. The summed E-state index contributed by atoms with van der Waals surface area (Å²) in [5, 5.41) is 11.5. The summed E-state index contributed by atoms with van der Waals surface area (Å²) in [5.41, 5.74) is 4.70. The molecule has 0 saturated carbocycles. The van der Waals surface area contributed by atoms with Crippen LogP contribution in [0.1, 0.15) is 35.1 Å². The van der Waals surface area contributed by atoms with Gasteiger partial charge in [-0.1, -0.05) is 30.3 Å². The predicted octanol–water partition coefficient (Wildman–Crippen LogP) is 3.82. The summed E-state index contributed by atoms with van der Waals surface area (Å²) < 4.78 is 5.71. The molecule has 0 amide bonds. The summed E-state index contributed by atoms with van der Waals surface area (Å²) in [4.78, 5) is 19.3. The molecule has 0 bridgehead atoms. The van der Waals surface area contributed by atoms with E-state index in [9.17, 15) is 9.90 Å². The topological polar surface area (TPSA) is 66.0 Å². The van der Waals surface area contributed by atoms with Crippen LogP contribution in [0.2, 0.25) is 0 Å². The fourth-order valence-corrected chi connectivity index (χ4v) is 4.45. The van der Waals surface area contributed by atoms with Gasteiger partial charge in [-0.3, -0.25) is 4.99 Å². The van der Waals surface area contributed by atoms with Crippen LogP contribution in [0.5, 0.6) is 5.75 Å². The van der Waals surface area contributed by atoms with E-state index in [4.69, 9.17) is 4.42 Å². The van der Waals surface area contributed by atoms with Gasteiger partial charge in [0, 0.05) is 30.6 Å². The van der Waals surface area contributed by atoms with E-state index in [-0.39, 0.29) is 11.3 Å². The number of nitrogens with zero attached hydrogens (tertiary/aromatic N) is 2. The number of aromatic hydroxyl groups is 1. The molecular formula is C23H22N2O3. The van der Waals surface area contributed by atoms with Crippen LogP contribution in [0.4, 0.5) is 5.69 Å². The van der Waals surface area contributed by atoms with Crippen molar-refractivity contribution in [3.05, 3.63) is 69.1 Å². The van der Waals surface area contributed by atoms with Crippen molar-refractivity contribution in [2.24, 2.45) is 4.99 Å². The average Bonchev–Trinajstić information content (AvgIpc) is 2.72. The number of fused-ring (bicyclic) bond motifs is 2. The Bertz CT molecular complexity index is 1130. The molecule has 0 unspecified atom stereocenters. The maximum atomic E-state index is 12.6. The fraction of sp³-hybridized carbons (Fsp3) is 0.304. The summed E-state index contributed by atoms with van der Waals surface area (Å²) in [6.45, 7) is 2.54. The molecule has 2 aliphatic heterocycles. The number of anilines is 1. The van der Waals surface area contributed by atoms with E-state index in [0.29, 0.717) is 17.5 Å². The van der Waals surface area contributed by atoms with E-state index in [1.54, 1.807) is 0 Å². The van der Waals surface area contributed by atoms with Gasteiger partial charge in [-0.25, -0.2) is 4.79 Å². The lowest BCUT2D eigenvalue weighted by molar-refractivity contribution is 0.465. The number of benzene rings is 2. The molecule has 5 heteroatoms. The summed E-state index contributed by atoms with van der Waals surface area (Å²) in [5.74, 6) is -0.0233. The summed E-state index contributed by atoms with van der Waals surface area (Å²) in [7, 11) is 0. The first kappa shape index (κ1) is 17.0. The van der Waals surface area contributed by atoms with Gasteiger partial charge in [-0.15, -0.1) is 0 Å². The Morgan fingerprint density at radius 2 is 1.93 bits per heavy atom. The zero-order valence-electron chi connectivity index (χ0n) is 15.6. The Morgan fingerprint density at radius 3 is 2.75 bits per heavy atom. The first-order chi connectivity index (χ1) is 13.7. The van der Waals surface area contributed by atoms with E-state index in [2.05, 4.69) is 9.89 Å². The minimum absolute atomic E-state index is 0.0233. The van der Waals surface area contributed by atoms with Crippen molar-refractivity contribution in [1.82, 2.24) is 0 Å². The van der Waals surface area contributed by atoms with E-state index in [0.717, 1.165) is 49.9 Å². The smallest absolute Gasteiger partial charge is 0.348 e. The zero-order chi connectivity index (χ0) is 19.1. The molecule has 0 spiro atoms. The summed E-state index contributed by atoms with van der Waals surface area (Å²) >= 11 is 0. The van der Waals surface area contributed by atoms with Crippen LogP contribution < -0.4 is 10.5 Å². The molecule has 28 heavy (non-hydrogen) atoms. The van der Waals surface area contributed by atoms with Crippen LogP contribution in [0.25, 0.3) is 11.0 Å². The SMILES string of the molecule is O=c1oc2c3c4c(cc2c(O)c1C=NCc1ccccc1)CCCN4CCC3. The minimum atomic E-state index is -0.536. The normalized spacial score (nSPS) is 15.9. The van der Waals surface area contributed by atoms with E-state index >= 15 is 0 Å². The average molecular weight is 374 g/mol. The molecule has 2 aliphatic rings. The Hall–Kier alpha value is -3.08. The van der Waals surface area contributed by atoms with Crippen molar-refractivity contribution in [3.8, 4) is 5.75 Å². The first-order valence-electron chi connectivity index (χ1n) is 9.85. The summed E-state index contributed by atoms with van der Waals surface area (Å²) in [6, 6.07) is 11.8. The molecule has 5 nitrogen and oxygen atoms in total. The highest BCUT2D eigenvalue weighted by molar-refractivity contribution is 5.97. The summed E-state index contributed by atoms with van der Waals surface area (Å²) in [6.07, 6.45) is 5.45. The van der Waals surface area contributed by atoms with E-state index < -0.39 is 5.63 Å². The molecule has 142 valence electrons. The van der Waals surface area contributed by atoms with Crippen molar-refractivity contribution in [2.45, 2.75) is 32.2 Å². The Kier molecular flexibility index (Phi) is 4.15. The number of aryl methyl sites for hydroxylation is 2. The highest BCUT2D eigenvalue weighted by Crippen LogP contribution is 2.41. The molecule has 0 atom stereocenters. The van der Waals surface area contributed by atoms with Crippen LogP contribution in [0.3, 0.4) is 0 Å². The lowest BCUT2D eigenvalue weighted by Gasteiger charge is -2.37. The minimum Gasteiger partial charge on any atom is -0.506 e. The maximum Gasteiger partial charge on any atom is 0.348 e. The highest BCUT2D eigenvalue weighted by atomic mass is 16.4. The number of rotatable bonds is 3. The van der Waals surface area contributed by atoms with Gasteiger partial charge < -0.3 is 14.4 Å². The van der Waals surface area contributed by atoms with Crippen LogP contribution in [-0.2, 0) is 19.4 Å². The molecule has 1 aromatic heterocycles. The zero-order valence-corrected chi connectivity index (χ0v) is 15.6. The van der Waals surface area contributed by atoms with Crippen molar-refractivity contribution in [3.63, 3.8) is 0 Å². The van der Waals surface area contributed by atoms with Crippen LogP contribution in [0.15, 0.2) is 50.6 Å². The maximum absolute atomic E-state index is 12.6. The van der Waals surface area contributed by atoms with E-state index in [1.807, 2.05) is 36.4 Å². The van der Waals surface area contributed by atoms with Crippen molar-refractivity contribution in [1.29, 1.82) is 0 Å². The van der Waals surface area contributed by atoms with Gasteiger partial charge in [-0.2, -0.15) is 0 Å². The van der Waals surface area contributed by atoms with Crippen LogP contribution in [-0.4, -0.2) is 24.4 Å². The molecule has 0 saturated heterocycles. The predicted molar refractivity (Wildman–Crippen MR) is 111 cm³/mol. The quantitative estimate of drug-likeness (QED) is 0.559. The molecule has 1 N–H and O–H groups in total. The third-order valence-electron chi connectivity index (χ3n) is 5.73. The highest BCUT2D eigenvalue weighted by Gasteiger charge is 2.28. The molecule has 3 heterocycles. The largest absolute Gasteiger partial charge is 0.506 e. The third kappa shape index (κ3) is 2.78. The van der Waals surface area contributed by atoms with Crippen molar-refractivity contribution in [2.75, 3.05) is 18.0 Å². The van der Waals surface area contributed by atoms with Gasteiger partial charge in [0.25, 0.3) is 0 Å². The number of aliphatic imine (C=N–C) groups is 1. The van der Waals surface area contributed by atoms with Gasteiger partial charge in [0.1, 0.15) is 16.9 Å². The second-order valence-electron chi connectivity index (χ2n) is 7.54. The second-order valence-corrected chi connectivity index (χ2v) is 7.54. The van der Waals surface area contributed by atoms with Gasteiger partial charge in [0.05, 0.1) is 11.9 Å². The lowest BCUT2D eigenvalue weighted by Crippen LogP contribution is -2.34. The van der Waals surface area contributed by atoms with Gasteiger partial charge in [0.15, 0.2) is 0 Å². The molecule has 2 aromatic carbocycles. The Labute approximate surface area is 162 Å². The molecule has 0 aliphatic carbocycles. The molecular weight excluding hydrogens is 352 g/mol. The Morgan fingerprint density at radius 1 is 1.14 bits per heavy atom. The van der Waals surface area contributed by atoms with Crippen LogP contribution >= 0.6 is 0 Å². The van der Waals surface area contributed by atoms with Gasteiger partial charge >= 0.3 is 5.63 Å². The molecule has 0 fully saturated rings. The first-order valence-corrected chi connectivity index (χ1v) is 9.85. The molecule has 0 radical (unpaired) electrons. The Balaban J connectivity index is 1.61. The van der Waals surface area contributed by atoms with Crippen LogP contribution in [0, 0.1) is 0 Å². The monoisotopic (exact) mass is 374 g/mol. The molecule has 3 aromatic rings. The van der Waals surface area contributed by atoms with Gasteiger partial charge in [-0.05, 0) is 42.9 Å². The van der Waals surface area contributed by atoms with Crippen molar-refractivity contribution >= 4 is 22.9 Å². The van der Waals surface area contributed by atoms with Gasteiger partial charge in [0.2, 0.25) is 0 Å². The third-order valence-corrected chi connectivity index (χ3v) is 5.73. The second kappa shape index (κ2) is 6.82.